The maximum Gasteiger partial charge on any atom is 0.329 e. The zero-order chi connectivity index (χ0) is 14.2. The fraction of sp³-hybridized carbons (Fsp3) is 0.778. The van der Waals surface area contributed by atoms with Crippen LogP contribution in [0.1, 0.15) is 0 Å². The van der Waals surface area contributed by atoms with Crippen LogP contribution in [0.25, 0.3) is 10.4 Å². The van der Waals surface area contributed by atoms with Crippen molar-refractivity contribution in [2.45, 2.75) is 29.7 Å². The SMILES string of the molecule is COC(=O)[C@@H]1CS[C@H]2[C@@H](O)[C@@H](O)[C@H](N=[N+]=[N-])C(=O)N12. The molecule has 0 aliphatic carbocycles. The lowest BCUT2D eigenvalue weighted by molar-refractivity contribution is -0.162. The summed E-state index contributed by atoms with van der Waals surface area (Å²) in [5.74, 6) is -1.02. The number of nitrogens with zero attached hydrogens (tertiary/aromatic N) is 4. The molecule has 2 aliphatic heterocycles. The van der Waals surface area contributed by atoms with Crippen molar-refractivity contribution in [3.05, 3.63) is 10.4 Å². The van der Waals surface area contributed by atoms with E-state index in [4.69, 9.17) is 5.53 Å². The van der Waals surface area contributed by atoms with Gasteiger partial charge in [0.15, 0.2) is 0 Å². The first kappa shape index (κ1) is 13.9. The molecular weight excluding hydrogens is 276 g/mol. The lowest BCUT2D eigenvalue weighted by Gasteiger charge is -2.40. The average Bonchev–Trinajstić information content (AvgIpc) is 2.85. The average molecular weight is 288 g/mol. The minimum absolute atomic E-state index is 0.260. The summed E-state index contributed by atoms with van der Waals surface area (Å²) < 4.78 is 4.60. The van der Waals surface area contributed by atoms with E-state index in [1.165, 1.54) is 18.9 Å². The number of amides is 1. The molecule has 2 heterocycles. The fourth-order valence-corrected chi connectivity index (χ4v) is 3.66. The van der Waals surface area contributed by atoms with Gasteiger partial charge in [-0.2, -0.15) is 0 Å². The molecule has 0 aromatic heterocycles. The number of hydrogen-bond donors (Lipinski definition) is 2. The molecule has 104 valence electrons. The molecular formula is C9H12N4O5S. The minimum Gasteiger partial charge on any atom is -0.467 e. The lowest BCUT2D eigenvalue weighted by atomic mass is 9.97. The Labute approximate surface area is 112 Å². The number of esters is 1. The quantitative estimate of drug-likeness (QED) is 0.285. The smallest absolute Gasteiger partial charge is 0.329 e. The van der Waals surface area contributed by atoms with E-state index < -0.39 is 41.5 Å². The van der Waals surface area contributed by atoms with E-state index in [0.717, 1.165) is 4.90 Å². The molecule has 0 aromatic rings. The lowest BCUT2D eigenvalue weighted by Crippen LogP contribution is -2.63. The zero-order valence-corrected chi connectivity index (χ0v) is 10.7. The van der Waals surface area contributed by atoms with Crippen molar-refractivity contribution >= 4 is 23.6 Å². The number of methoxy groups -OCH3 is 1. The normalized spacial score (nSPS) is 37.5. The van der Waals surface area contributed by atoms with Gasteiger partial charge in [-0.3, -0.25) is 4.79 Å². The van der Waals surface area contributed by atoms with Crippen LogP contribution in [0.4, 0.5) is 0 Å². The molecule has 2 N–H and O–H groups in total. The summed E-state index contributed by atoms with van der Waals surface area (Å²) in [5.41, 5.74) is 8.40. The molecule has 0 spiro atoms. The van der Waals surface area contributed by atoms with Crippen LogP contribution < -0.4 is 0 Å². The molecule has 5 atom stereocenters. The molecule has 19 heavy (non-hydrogen) atoms. The summed E-state index contributed by atoms with van der Waals surface area (Å²) in [6, 6.07) is -2.27. The van der Waals surface area contributed by atoms with Gasteiger partial charge in [-0.05, 0) is 5.53 Å². The van der Waals surface area contributed by atoms with E-state index in [9.17, 15) is 19.8 Å². The van der Waals surface area contributed by atoms with Gasteiger partial charge in [0.2, 0.25) is 5.91 Å². The Morgan fingerprint density at radius 2 is 2.26 bits per heavy atom. The molecule has 1 amide bonds. The maximum absolute atomic E-state index is 12.2. The van der Waals surface area contributed by atoms with Gasteiger partial charge in [0.25, 0.3) is 0 Å². The summed E-state index contributed by atoms with van der Waals surface area (Å²) in [5, 5.41) is 22.2. The third kappa shape index (κ3) is 2.12. The summed E-state index contributed by atoms with van der Waals surface area (Å²) in [6.45, 7) is 0. The Morgan fingerprint density at radius 1 is 1.58 bits per heavy atom. The maximum atomic E-state index is 12.2. The van der Waals surface area contributed by atoms with Crippen molar-refractivity contribution in [3.63, 3.8) is 0 Å². The Hall–Kier alpha value is -1.48. The van der Waals surface area contributed by atoms with Crippen molar-refractivity contribution in [1.29, 1.82) is 0 Å². The van der Waals surface area contributed by atoms with E-state index in [0.29, 0.717) is 0 Å². The van der Waals surface area contributed by atoms with Crippen LogP contribution in [-0.2, 0) is 14.3 Å². The molecule has 2 saturated heterocycles. The molecule has 0 unspecified atom stereocenters. The zero-order valence-electron chi connectivity index (χ0n) is 9.91. The molecule has 10 heteroatoms. The van der Waals surface area contributed by atoms with Gasteiger partial charge < -0.3 is 19.8 Å². The Bertz CT molecular complexity index is 454. The van der Waals surface area contributed by atoms with Gasteiger partial charge in [-0.25, -0.2) is 4.79 Å². The van der Waals surface area contributed by atoms with Crippen LogP contribution in [0, 0.1) is 0 Å². The highest BCUT2D eigenvalue weighted by atomic mass is 32.2. The molecule has 9 nitrogen and oxygen atoms in total. The van der Waals surface area contributed by atoms with Gasteiger partial charge in [0.05, 0.1) is 7.11 Å². The second-order valence-corrected chi connectivity index (χ2v) is 5.29. The first-order chi connectivity index (χ1) is 9.02. The number of fused-ring (bicyclic) bond motifs is 1. The van der Waals surface area contributed by atoms with E-state index >= 15 is 0 Å². The number of aliphatic hydroxyl groups is 2. The third-order valence-electron chi connectivity index (χ3n) is 3.16. The van der Waals surface area contributed by atoms with Crippen molar-refractivity contribution in [2.24, 2.45) is 5.11 Å². The van der Waals surface area contributed by atoms with Crippen LogP contribution in [-0.4, -0.2) is 69.5 Å². The fourth-order valence-electron chi connectivity index (χ4n) is 2.22. The third-order valence-corrected chi connectivity index (χ3v) is 4.51. The highest BCUT2D eigenvalue weighted by Crippen LogP contribution is 2.38. The number of ether oxygens (including phenoxy) is 1. The van der Waals surface area contributed by atoms with Crippen molar-refractivity contribution in [3.8, 4) is 0 Å². The number of piperidine rings is 1. The van der Waals surface area contributed by atoms with Crippen LogP contribution in [0.2, 0.25) is 0 Å². The minimum atomic E-state index is -1.48. The largest absolute Gasteiger partial charge is 0.467 e. The number of carbonyl (C=O) groups is 2. The molecule has 0 radical (unpaired) electrons. The Kier molecular flexibility index (Phi) is 3.85. The van der Waals surface area contributed by atoms with Gasteiger partial charge in [0.1, 0.15) is 29.7 Å². The summed E-state index contributed by atoms with van der Waals surface area (Å²) in [4.78, 5) is 27.4. The van der Waals surface area contributed by atoms with Crippen molar-refractivity contribution in [1.82, 2.24) is 4.90 Å². The Balaban J connectivity index is 2.33. The monoisotopic (exact) mass is 288 g/mol. The number of azide groups is 1. The van der Waals surface area contributed by atoms with Gasteiger partial charge in [0, 0.05) is 10.7 Å². The molecule has 0 bridgehead atoms. The second kappa shape index (κ2) is 5.25. The van der Waals surface area contributed by atoms with Crippen LogP contribution in [0.15, 0.2) is 5.11 Å². The van der Waals surface area contributed by atoms with Gasteiger partial charge >= 0.3 is 5.97 Å². The predicted octanol–water partition coefficient (Wildman–Crippen LogP) is -1.16. The second-order valence-electron chi connectivity index (χ2n) is 4.14. The van der Waals surface area contributed by atoms with E-state index in [1.54, 1.807) is 0 Å². The van der Waals surface area contributed by atoms with Crippen LogP contribution in [0.3, 0.4) is 0 Å². The molecule has 2 rings (SSSR count). The Morgan fingerprint density at radius 3 is 2.84 bits per heavy atom. The number of carbonyl (C=O) groups excluding carboxylic acids is 2. The first-order valence-corrected chi connectivity index (χ1v) is 6.49. The van der Waals surface area contributed by atoms with E-state index in [-0.39, 0.29) is 5.75 Å². The first-order valence-electron chi connectivity index (χ1n) is 5.45. The van der Waals surface area contributed by atoms with Crippen molar-refractivity contribution < 1.29 is 24.5 Å². The molecule has 0 aromatic carbocycles. The van der Waals surface area contributed by atoms with E-state index in [1.807, 2.05) is 0 Å². The molecule has 2 fully saturated rings. The predicted molar refractivity (Wildman–Crippen MR) is 63.8 cm³/mol. The van der Waals surface area contributed by atoms with Gasteiger partial charge in [-0.15, -0.1) is 11.8 Å². The number of aliphatic hydroxyl groups excluding tert-OH is 2. The number of rotatable bonds is 2. The van der Waals surface area contributed by atoms with Crippen molar-refractivity contribution in [2.75, 3.05) is 12.9 Å². The summed E-state index contributed by atoms with van der Waals surface area (Å²) in [7, 11) is 1.20. The van der Waals surface area contributed by atoms with Crippen LogP contribution in [0.5, 0.6) is 0 Å². The topological polar surface area (TPSA) is 136 Å². The number of hydrogen-bond acceptors (Lipinski definition) is 7. The molecule has 2 aliphatic rings. The highest BCUT2D eigenvalue weighted by molar-refractivity contribution is 8.00. The molecule has 0 saturated carbocycles. The highest BCUT2D eigenvalue weighted by Gasteiger charge is 2.54. The van der Waals surface area contributed by atoms with E-state index in [2.05, 4.69) is 14.8 Å². The number of thioether (sulfide) groups is 1. The summed E-state index contributed by atoms with van der Waals surface area (Å²) in [6.07, 6.45) is -2.76. The van der Waals surface area contributed by atoms with Gasteiger partial charge in [-0.1, -0.05) is 5.11 Å². The summed E-state index contributed by atoms with van der Waals surface area (Å²) >= 11 is 1.17. The van der Waals surface area contributed by atoms with Crippen LogP contribution >= 0.6 is 11.8 Å². The standard InChI is InChI=1S/C9H12N4O5S/c1-18-9(17)3-2-19-8-6(15)5(14)4(11-12-10)7(16)13(3)8/h3-6,8,14-15H,2H2,1H3/t3-,4-,5-,6-,8-/m0/s1.